The van der Waals surface area contributed by atoms with E-state index in [1.165, 1.54) is 5.56 Å². The lowest BCUT2D eigenvalue weighted by Crippen LogP contribution is -2.04. The Morgan fingerprint density at radius 2 is 1.71 bits per heavy atom. The Morgan fingerprint density at radius 1 is 1.07 bits per heavy atom. The second-order valence-corrected chi connectivity index (χ2v) is 6.90. The molecular weight excluding hydrogens is 372 g/mol. The van der Waals surface area contributed by atoms with Gasteiger partial charge >= 0.3 is 0 Å². The fraction of sp³-hybridized carbons (Fsp3) is 0.286. The van der Waals surface area contributed by atoms with E-state index < -0.39 is 0 Å². The highest BCUT2D eigenvalue weighted by molar-refractivity contribution is 7.71. The monoisotopic (exact) mass is 396 g/mol. The third-order valence-corrected chi connectivity index (χ3v) is 4.41. The third-order valence-electron chi connectivity index (χ3n) is 4.15. The van der Waals surface area contributed by atoms with Gasteiger partial charge in [0.15, 0.2) is 5.82 Å². The van der Waals surface area contributed by atoms with Gasteiger partial charge in [-0.1, -0.05) is 26.0 Å². The maximum absolute atomic E-state index is 5.84. The zero-order valence-corrected chi connectivity index (χ0v) is 17.1. The molecule has 146 valence electrons. The number of benzene rings is 2. The first-order valence-electron chi connectivity index (χ1n) is 9.23. The lowest BCUT2D eigenvalue weighted by molar-refractivity contribution is 0.290. The van der Waals surface area contributed by atoms with E-state index in [0.717, 1.165) is 17.1 Å². The van der Waals surface area contributed by atoms with Crippen molar-refractivity contribution in [3.8, 4) is 11.5 Å². The molecule has 0 amide bonds. The number of hydrogen-bond donors (Lipinski definition) is 1. The Balaban J connectivity index is 1.68. The highest BCUT2D eigenvalue weighted by Crippen LogP contribution is 2.19. The second-order valence-electron chi connectivity index (χ2n) is 6.52. The van der Waals surface area contributed by atoms with E-state index in [9.17, 15) is 0 Å². The minimum Gasteiger partial charge on any atom is -0.494 e. The summed E-state index contributed by atoms with van der Waals surface area (Å²) in [7, 11) is 0. The van der Waals surface area contributed by atoms with Crippen LogP contribution >= 0.6 is 12.2 Å². The Kier molecular flexibility index (Phi) is 6.60. The molecule has 0 aliphatic carbocycles. The second kappa shape index (κ2) is 9.32. The number of hydrogen-bond acceptors (Lipinski definition) is 5. The summed E-state index contributed by atoms with van der Waals surface area (Å²) in [4.78, 5) is 0. The van der Waals surface area contributed by atoms with Crippen molar-refractivity contribution in [2.45, 2.75) is 33.3 Å². The molecular formula is C21H24N4O2S. The lowest BCUT2D eigenvalue weighted by Gasteiger charge is -2.08. The fourth-order valence-corrected chi connectivity index (χ4v) is 2.77. The predicted octanol–water partition coefficient (Wildman–Crippen LogP) is 4.92. The van der Waals surface area contributed by atoms with E-state index in [1.54, 1.807) is 10.9 Å². The highest BCUT2D eigenvalue weighted by atomic mass is 32.1. The maximum Gasteiger partial charge on any atom is 0.216 e. The van der Waals surface area contributed by atoms with Gasteiger partial charge in [0.2, 0.25) is 4.77 Å². The van der Waals surface area contributed by atoms with Crippen molar-refractivity contribution in [3.05, 3.63) is 70.3 Å². The van der Waals surface area contributed by atoms with Crippen molar-refractivity contribution in [1.82, 2.24) is 14.9 Å². The van der Waals surface area contributed by atoms with Crippen LogP contribution in [0, 0.1) is 4.77 Å². The SMILES string of the molecule is CCOc1ccc(/C=N\n2c(COc3ccc(C(C)C)cc3)n[nH]c2=S)cc1. The molecule has 6 nitrogen and oxygen atoms in total. The highest BCUT2D eigenvalue weighted by Gasteiger charge is 2.07. The topological polar surface area (TPSA) is 64.4 Å². The number of rotatable bonds is 8. The van der Waals surface area contributed by atoms with Gasteiger partial charge < -0.3 is 9.47 Å². The van der Waals surface area contributed by atoms with Gasteiger partial charge in [0.05, 0.1) is 12.8 Å². The van der Waals surface area contributed by atoms with Gasteiger partial charge in [0.1, 0.15) is 18.1 Å². The Bertz CT molecular complexity index is 973. The molecule has 0 radical (unpaired) electrons. The summed E-state index contributed by atoms with van der Waals surface area (Å²) in [5.74, 6) is 2.69. The van der Waals surface area contributed by atoms with Crippen LogP contribution in [0.1, 0.15) is 43.6 Å². The number of H-pyrrole nitrogens is 1. The average molecular weight is 397 g/mol. The zero-order valence-electron chi connectivity index (χ0n) is 16.3. The molecule has 1 aromatic heterocycles. The molecule has 0 atom stereocenters. The van der Waals surface area contributed by atoms with E-state index in [2.05, 4.69) is 41.3 Å². The molecule has 28 heavy (non-hydrogen) atoms. The standard InChI is InChI=1S/C21H24N4O2S/c1-4-26-18-9-5-16(6-10-18)13-22-25-20(23-24-21(25)28)14-27-19-11-7-17(8-12-19)15(2)3/h5-13,15H,4,14H2,1-3H3,(H,24,28)/b22-13-. The normalized spacial score (nSPS) is 11.3. The summed E-state index contributed by atoms with van der Waals surface area (Å²) < 4.78 is 13.3. The first-order chi connectivity index (χ1) is 13.6. The predicted molar refractivity (Wildman–Crippen MR) is 113 cm³/mol. The fourth-order valence-electron chi connectivity index (χ4n) is 2.57. The van der Waals surface area contributed by atoms with Crippen LogP contribution in [0.4, 0.5) is 0 Å². The summed E-state index contributed by atoms with van der Waals surface area (Å²) in [5.41, 5.74) is 2.21. The molecule has 0 aliphatic heterocycles. The van der Waals surface area contributed by atoms with Crippen LogP contribution < -0.4 is 9.47 Å². The minimum atomic E-state index is 0.259. The van der Waals surface area contributed by atoms with Gasteiger partial charge in [-0.25, -0.2) is 5.10 Å². The molecule has 0 fully saturated rings. The van der Waals surface area contributed by atoms with Gasteiger partial charge in [-0.2, -0.15) is 14.9 Å². The molecule has 2 aromatic carbocycles. The van der Waals surface area contributed by atoms with Gasteiger partial charge in [0, 0.05) is 0 Å². The zero-order chi connectivity index (χ0) is 19.9. The molecule has 1 heterocycles. The molecule has 0 bridgehead atoms. The van der Waals surface area contributed by atoms with Crippen molar-refractivity contribution in [2.75, 3.05) is 6.61 Å². The molecule has 1 N–H and O–H groups in total. The molecule has 7 heteroatoms. The first kappa shape index (κ1) is 19.8. The molecule has 0 saturated heterocycles. The van der Waals surface area contributed by atoms with E-state index in [-0.39, 0.29) is 6.61 Å². The van der Waals surface area contributed by atoms with Crippen LogP contribution in [0.25, 0.3) is 0 Å². The summed E-state index contributed by atoms with van der Waals surface area (Å²) in [5, 5.41) is 11.4. The van der Waals surface area contributed by atoms with Gasteiger partial charge in [-0.05, 0) is 72.6 Å². The molecule has 0 saturated carbocycles. The average Bonchev–Trinajstić information content (AvgIpc) is 3.06. The first-order valence-corrected chi connectivity index (χ1v) is 9.64. The summed E-state index contributed by atoms with van der Waals surface area (Å²) in [6, 6.07) is 15.8. The van der Waals surface area contributed by atoms with Gasteiger partial charge in [0.25, 0.3) is 0 Å². The van der Waals surface area contributed by atoms with Crippen LogP contribution in [0.15, 0.2) is 53.6 Å². The molecule has 0 unspecified atom stereocenters. The largest absolute Gasteiger partial charge is 0.494 e. The maximum atomic E-state index is 5.84. The van der Waals surface area contributed by atoms with Crippen LogP contribution in [-0.2, 0) is 6.61 Å². The lowest BCUT2D eigenvalue weighted by atomic mass is 10.0. The van der Waals surface area contributed by atoms with Gasteiger partial charge in [-0.15, -0.1) is 0 Å². The number of aromatic amines is 1. The number of aromatic nitrogens is 3. The van der Waals surface area contributed by atoms with Crippen LogP contribution in [0.2, 0.25) is 0 Å². The van der Waals surface area contributed by atoms with Crippen molar-refractivity contribution in [2.24, 2.45) is 5.10 Å². The Hall–Kier alpha value is -2.93. The van der Waals surface area contributed by atoms with Crippen LogP contribution in [0.3, 0.4) is 0 Å². The molecule has 3 rings (SSSR count). The van der Waals surface area contributed by atoms with E-state index >= 15 is 0 Å². The summed E-state index contributed by atoms with van der Waals surface area (Å²) in [6.45, 7) is 7.18. The van der Waals surface area contributed by atoms with Crippen molar-refractivity contribution in [3.63, 3.8) is 0 Å². The number of ether oxygens (including phenoxy) is 2. The minimum absolute atomic E-state index is 0.259. The quantitative estimate of drug-likeness (QED) is 0.433. The summed E-state index contributed by atoms with van der Waals surface area (Å²) >= 11 is 5.28. The van der Waals surface area contributed by atoms with Crippen LogP contribution in [0.5, 0.6) is 11.5 Å². The van der Waals surface area contributed by atoms with E-state index in [4.69, 9.17) is 21.7 Å². The number of nitrogens with zero attached hydrogens (tertiary/aromatic N) is 3. The molecule has 3 aromatic rings. The summed E-state index contributed by atoms with van der Waals surface area (Å²) in [6.07, 6.45) is 1.72. The smallest absolute Gasteiger partial charge is 0.216 e. The van der Waals surface area contributed by atoms with Gasteiger partial charge in [-0.3, -0.25) is 0 Å². The Labute approximate surface area is 169 Å². The Morgan fingerprint density at radius 3 is 2.36 bits per heavy atom. The number of nitrogens with one attached hydrogen (secondary N) is 1. The van der Waals surface area contributed by atoms with E-state index in [0.29, 0.717) is 23.1 Å². The van der Waals surface area contributed by atoms with Crippen molar-refractivity contribution < 1.29 is 9.47 Å². The van der Waals surface area contributed by atoms with Crippen molar-refractivity contribution >= 4 is 18.4 Å². The molecule has 0 spiro atoms. The van der Waals surface area contributed by atoms with Crippen molar-refractivity contribution in [1.29, 1.82) is 0 Å². The molecule has 0 aliphatic rings. The van der Waals surface area contributed by atoms with E-state index in [1.807, 2.05) is 43.3 Å². The van der Waals surface area contributed by atoms with Crippen LogP contribution in [-0.4, -0.2) is 27.7 Å². The third kappa shape index (κ3) is 5.07.